The van der Waals surface area contributed by atoms with Crippen LogP contribution in [0.3, 0.4) is 0 Å². The molecule has 1 aromatic heterocycles. The summed E-state index contributed by atoms with van der Waals surface area (Å²) in [6, 6.07) is 14.4. The summed E-state index contributed by atoms with van der Waals surface area (Å²) < 4.78 is 7.47. The summed E-state index contributed by atoms with van der Waals surface area (Å²) in [7, 11) is 0. The molecule has 1 fully saturated rings. The summed E-state index contributed by atoms with van der Waals surface area (Å²) in [6.45, 7) is 5.08. The Hall–Kier alpha value is -3.44. The number of benzene rings is 2. The maximum absolute atomic E-state index is 12.6. The van der Waals surface area contributed by atoms with Gasteiger partial charge in [-0.05, 0) is 18.1 Å². The Morgan fingerprint density at radius 3 is 2.67 bits per heavy atom. The van der Waals surface area contributed by atoms with E-state index in [9.17, 15) is 14.9 Å². The number of amides is 1. The molecular formula is C22H24N6O4S. The first-order valence-corrected chi connectivity index (χ1v) is 11.5. The second-order valence-electron chi connectivity index (χ2n) is 7.55. The molecule has 0 spiro atoms. The van der Waals surface area contributed by atoms with E-state index in [1.54, 1.807) is 13.0 Å². The predicted molar refractivity (Wildman–Crippen MR) is 126 cm³/mol. The number of hydrogen-bond acceptors (Lipinski definition) is 8. The Balaban J connectivity index is 1.49. The highest BCUT2D eigenvalue weighted by Gasteiger charge is 2.21. The molecule has 1 aliphatic rings. The maximum atomic E-state index is 12.6. The first-order valence-electron chi connectivity index (χ1n) is 10.5. The molecule has 2 aromatic carbocycles. The fourth-order valence-electron chi connectivity index (χ4n) is 3.46. The molecule has 1 N–H and O–H groups in total. The van der Waals surface area contributed by atoms with Crippen molar-refractivity contribution in [2.75, 3.05) is 42.3 Å². The number of aryl methyl sites for hydroxylation is 1. The van der Waals surface area contributed by atoms with Crippen LogP contribution in [0.25, 0.3) is 0 Å². The van der Waals surface area contributed by atoms with Crippen LogP contribution in [0.15, 0.2) is 53.7 Å². The van der Waals surface area contributed by atoms with Crippen molar-refractivity contribution in [1.82, 2.24) is 14.8 Å². The van der Waals surface area contributed by atoms with Gasteiger partial charge in [0.1, 0.15) is 0 Å². The standard InChI is InChI=1S/C22H24N6O4S/c1-16-7-8-18(28(30)31)13-19(16)23-20(29)15-33-22-25-24-21(26-9-11-32-12-10-26)27(22)14-17-5-3-2-4-6-17/h2-8,13H,9-12,14-15H2,1H3,(H,23,29). The van der Waals surface area contributed by atoms with Crippen LogP contribution in [0, 0.1) is 17.0 Å². The number of rotatable bonds is 8. The number of aromatic nitrogens is 3. The van der Waals surface area contributed by atoms with Gasteiger partial charge in [0.25, 0.3) is 5.69 Å². The third kappa shape index (κ3) is 5.68. The van der Waals surface area contributed by atoms with Crippen LogP contribution in [0.1, 0.15) is 11.1 Å². The average molecular weight is 469 g/mol. The molecule has 33 heavy (non-hydrogen) atoms. The SMILES string of the molecule is Cc1ccc([N+](=O)[O-])cc1NC(=O)CSc1nnc(N2CCOCC2)n1Cc1ccccc1. The Labute approximate surface area is 195 Å². The van der Waals surface area contributed by atoms with Crippen molar-refractivity contribution in [1.29, 1.82) is 0 Å². The largest absolute Gasteiger partial charge is 0.378 e. The third-order valence-electron chi connectivity index (χ3n) is 5.21. The highest BCUT2D eigenvalue weighted by Crippen LogP contribution is 2.26. The molecule has 2 heterocycles. The van der Waals surface area contributed by atoms with E-state index in [1.807, 2.05) is 34.9 Å². The van der Waals surface area contributed by atoms with Crippen molar-refractivity contribution >= 4 is 35.0 Å². The minimum Gasteiger partial charge on any atom is -0.378 e. The van der Waals surface area contributed by atoms with E-state index in [1.165, 1.54) is 23.9 Å². The van der Waals surface area contributed by atoms with E-state index < -0.39 is 4.92 Å². The molecule has 0 atom stereocenters. The van der Waals surface area contributed by atoms with E-state index in [-0.39, 0.29) is 17.3 Å². The molecule has 1 aliphatic heterocycles. The first kappa shape index (κ1) is 22.7. The Morgan fingerprint density at radius 1 is 1.18 bits per heavy atom. The molecule has 1 saturated heterocycles. The van der Waals surface area contributed by atoms with Gasteiger partial charge in [0, 0.05) is 25.2 Å². The molecule has 4 rings (SSSR count). The number of nitro benzene ring substituents is 1. The molecule has 1 amide bonds. The van der Waals surface area contributed by atoms with E-state index in [4.69, 9.17) is 4.74 Å². The summed E-state index contributed by atoms with van der Waals surface area (Å²) >= 11 is 1.28. The van der Waals surface area contributed by atoms with Crippen LogP contribution < -0.4 is 10.2 Å². The Bertz CT molecular complexity index is 1130. The van der Waals surface area contributed by atoms with Gasteiger partial charge < -0.3 is 15.0 Å². The fraction of sp³-hybridized carbons (Fsp3) is 0.318. The number of hydrogen-bond donors (Lipinski definition) is 1. The number of nitro groups is 1. The topological polar surface area (TPSA) is 115 Å². The highest BCUT2D eigenvalue weighted by atomic mass is 32.2. The van der Waals surface area contributed by atoms with Gasteiger partial charge in [-0.2, -0.15) is 0 Å². The van der Waals surface area contributed by atoms with E-state index >= 15 is 0 Å². The van der Waals surface area contributed by atoms with E-state index in [0.29, 0.717) is 30.6 Å². The molecule has 0 saturated carbocycles. The van der Waals surface area contributed by atoms with Gasteiger partial charge in [0.05, 0.1) is 36.1 Å². The molecule has 11 heteroatoms. The van der Waals surface area contributed by atoms with Crippen LogP contribution in [-0.2, 0) is 16.1 Å². The van der Waals surface area contributed by atoms with Crippen molar-refractivity contribution < 1.29 is 14.5 Å². The van der Waals surface area contributed by atoms with Crippen LogP contribution in [0.2, 0.25) is 0 Å². The molecule has 3 aromatic rings. The maximum Gasteiger partial charge on any atom is 0.271 e. The van der Waals surface area contributed by atoms with Crippen LogP contribution >= 0.6 is 11.8 Å². The van der Waals surface area contributed by atoms with Crippen LogP contribution in [-0.4, -0.2) is 57.7 Å². The average Bonchev–Trinajstić information content (AvgIpc) is 3.22. The van der Waals surface area contributed by atoms with Gasteiger partial charge in [-0.15, -0.1) is 10.2 Å². The summed E-state index contributed by atoms with van der Waals surface area (Å²) in [6.07, 6.45) is 0. The van der Waals surface area contributed by atoms with Gasteiger partial charge in [-0.1, -0.05) is 48.2 Å². The van der Waals surface area contributed by atoms with Gasteiger partial charge >= 0.3 is 0 Å². The summed E-state index contributed by atoms with van der Waals surface area (Å²) in [4.78, 5) is 25.3. The summed E-state index contributed by atoms with van der Waals surface area (Å²) in [5.74, 6) is 0.573. The van der Waals surface area contributed by atoms with Gasteiger partial charge in [-0.25, -0.2) is 0 Å². The lowest BCUT2D eigenvalue weighted by atomic mass is 10.2. The molecule has 10 nitrogen and oxygen atoms in total. The number of non-ortho nitro benzene ring substituents is 1. The number of ether oxygens (including phenoxy) is 1. The lowest BCUT2D eigenvalue weighted by Crippen LogP contribution is -2.38. The third-order valence-corrected chi connectivity index (χ3v) is 6.18. The number of morpholine rings is 1. The lowest BCUT2D eigenvalue weighted by Gasteiger charge is -2.28. The Morgan fingerprint density at radius 2 is 1.94 bits per heavy atom. The number of thioether (sulfide) groups is 1. The zero-order valence-corrected chi connectivity index (χ0v) is 19.0. The summed E-state index contributed by atoms with van der Waals surface area (Å²) in [5, 5.41) is 23.2. The zero-order chi connectivity index (χ0) is 23.2. The molecule has 172 valence electrons. The fourth-order valence-corrected chi connectivity index (χ4v) is 4.20. The Kier molecular flexibility index (Phi) is 7.20. The molecule has 0 bridgehead atoms. The van der Waals surface area contributed by atoms with Crippen LogP contribution in [0.4, 0.5) is 17.3 Å². The first-order chi connectivity index (χ1) is 16.0. The number of nitrogens with zero attached hydrogens (tertiary/aromatic N) is 5. The molecule has 0 radical (unpaired) electrons. The quantitative estimate of drug-likeness (QED) is 0.305. The van der Waals surface area contributed by atoms with Gasteiger partial charge in [0.2, 0.25) is 11.9 Å². The van der Waals surface area contributed by atoms with Crippen molar-refractivity contribution in [3.8, 4) is 0 Å². The number of carbonyl (C=O) groups is 1. The monoisotopic (exact) mass is 468 g/mol. The molecule has 0 aliphatic carbocycles. The van der Waals surface area contributed by atoms with E-state index in [0.717, 1.165) is 30.2 Å². The second-order valence-corrected chi connectivity index (χ2v) is 8.49. The van der Waals surface area contributed by atoms with Gasteiger partial charge in [0.15, 0.2) is 5.16 Å². The second kappa shape index (κ2) is 10.5. The smallest absolute Gasteiger partial charge is 0.271 e. The van der Waals surface area contributed by atoms with Crippen LogP contribution in [0.5, 0.6) is 0 Å². The lowest BCUT2D eigenvalue weighted by molar-refractivity contribution is -0.384. The van der Waals surface area contributed by atoms with Crippen molar-refractivity contribution in [3.05, 3.63) is 69.8 Å². The highest BCUT2D eigenvalue weighted by molar-refractivity contribution is 7.99. The van der Waals surface area contributed by atoms with E-state index in [2.05, 4.69) is 20.4 Å². The number of nitrogens with one attached hydrogen (secondary N) is 1. The zero-order valence-electron chi connectivity index (χ0n) is 18.1. The van der Waals surface area contributed by atoms with Crippen molar-refractivity contribution in [2.24, 2.45) is 0 Å². The normalized spacial score (nSPS) is 13.7. The van der Waals surface area contributed by atoms with Crippen molar-refractivity contribution in [3.63, 3.8) is 0 Å². The van der Waals surface area contributed by atoms with Gasteiger partial charge in [-0.3, -0.25) is 19.5 Å². The summed E-state index contributed by atoms with van der Waals surface area (Å²) in [5.41, 5.74) is 2.21. The van der Waals surface area contributed by atoms with Crippen molar-refractivity contribution in [2.45, 2.75) is 18.6 Å². The number of anilines is 2. The minimum atomic E-state index is -0.483. The number of carbonyl (C=O) groups excluding carboxylic acids is 1. The molecular weight excluding hydrogens is 444 g/mol. The molecule has 0 unspecified atom stereocenters. The predicted octanol–water partition coefficient (Wildman–Crippen LogP) is 3.11. The minimum absolute atomic E-state index is 0.0682.